The monoisotopic (exact) mass is 426 g/mol. The lowest BCUT2D eigenvalue weighted by molar-refractivity contribution is -0.0429. The quantitative estimate of drug-likeness (QED) is 0.536. The topological polar surface area (TPSA) is 67.8 Å². The van der Waals surface area contributed by atoms with Gasteiger partial charge in [-0.2, -0.15) is 21.6 Å². The third kappa shape index (κ3) is 5.03. The van der Waals surface area contributed by atoms with E-state index in [-0.39, 0.29) is 27.7 Å². The number of anilines is 1. The van der Waals surface area contributed by atoms with Crippen molar-refractivity contribution in [3.8, 4) is 5.75 Å². The highest BCUT2D eigenvalue weighted by Gasteiger charge is 2.46. The number of sulfonamides is 1. The summed E-state index contributed by atoms with van der Waals surface area (Å²) in [5.74, 6) is 0.288. The molecule has 2 aromatic rings. The van der Waals surface area contributed by atoms with Crippen molar-refractivity contribution in [2.75, 3.05) is 4.72 Å². The Morgan fingerprint density at radius 2 is 1.77 bits per heavy atom. The van der Waals surface area contributed by atoms with Crippen LogP contribution in [0.3, 0.4) is 0 Å². The maximum atomic E-state index is 12.6. The Kier molecular flexibility index (Phi) is 6.05. The summed E-state index contributed by atoms with van der Waals surface area (Å²) in [7, 11) is -5.60. The van der Waals surface area contributed by atoms with Crippen molar-refractivity contribution in [3.05, 3.63) is 58.1 Å². The van der Waals surface area contributed by atoms with E-state index in [0.29, 0.717) is 5.02 Å². The van der Waals surface area contributed by atoms with Gasteiger partial charge in [0.2, 0.25) is 0 Å². The molecule has 0 saturated carbocycles. The first-order valence-corrected chi connectivity index (χ1v) is 9.10. The van der Waals surface area contributed by atoms with Crippen LogP contribution in [0.5, 0.6) is 5.75 Å². The number of alkyl halides is 3. The number of benzene rings is 2. The molecule has 0 amide bonds. The molecule has 0 aliphatic carbocycles. The molecule has 11 heteroatoms. The molecule has 0 atom stereocenters. The zero-order chi connectivity index (χ0) is 19.5. The number of halogens is 5. The fraction of sp³-hybridized carbons (Fsp3) is 0.133. The van der Waals surface area contributed by atoms with Crippen LogP contribution in [0.25, 0.3) is 0 Å². The predicted molar refractivity (Wildman–Crippen MR) is 94.3 cm³/mol. The highest BCUT2D eigenvalue weighted by molar-refractivity contribution is 7.93. The van der Waals surface area contributed by atoms with Gasteiger partial charge in [0, 0.05) is 21.7 Å². The van der Waals surface area contributed by atoms with E-state index in [1.807, 2.05) is 0 Å². The van der Waals surface area contributed by atoms with Gasteiger partial charge in [-0.25, -0.2) is 0 Å². The molecule has 0 bridgehead atoms. The molecule has 26 heavy (non-hydrogen) atoms. The summed E-state index contributed by atoms with van der Waals surface area (Å²) in [6.45, 7) is 1.42. The molecule has 1 N–H and O–H groups in total. The van der Waals surface area contributed by atoms with Gasteiger partial charge >= 0.3 is 15.5 Å². The van der Waals surface area contributed by atoms with Gasteiger partial charge in [0.15, 0.2) is 5.75 Å². The summed E-state index contributed by atoms with van der Waals surface area (Å²) in [4.78, 5) is 5.16. The van der Waals surface area contributed by atoms with Crippen molar-refractivity contribution >= 4 is 44.6 Å². The van der Waals surface area contributed by atoms with Gasteiger partial charge in [-0.15, -0.1) is 0 Å². The van der Waals surface area contributed by atoms with Crippen molar-refractivity contribution in [3.63, 3.8) is 0 Å². The second-order valence-electron chi connectivity index (χ2n) is 4.97. The number of nitrogens with one attached hydrogen (secondary N) is 1. The Morgan fingerprint density at radius 1 is 1.12 bits per heavy atom. The molecular weight excluding hydrogens is 416 g/mol. The van der Waals surface area contributed by atoms with Gasteiger partial charge < -0.3 is 4.84 Å². The molecule has 0 unspecified atom stereocenters. The normalized spacial score (nSPS) is 12.8. The van der Waals surface area contributed by atoms with E-state index in [1.54, 1.807) is 18.2 Å². The summed E-state index contributed by atoms with van der Waals surface area (Å²) in [5.41, 5.74) is -5.70. The maximum absolute atomic E-state index is 12.6. The summed E-state index contributed by atoms with van der Waals surface area (Å²) in [5, 5.41) is 4.36. The fourth-order valence-corrected chi connectivity index (χ4v) is 2.74. The Labute approximate surface area is 157 Å². The summed E-state index contributed by atoms with van der Waals surface area (Å²) in [6, 6.07) is 9.87. The lowest BCUT2D eigenvalue weighted by Crippen LogP contribution is -2.30. The lowest BCUT2D eigenvalue weighted by atomic mass is 10.1. The molecular formula is C15H11Cl2F3N2O3S. The van der Waals surface area contributed by atoms with Crippen molar-refractivity contribution in [2.45, 2.75) is 12.4 Å². The van der Waals surface area contributed by atoms with Gasteiger partial charge in [0.05, 0.1) is 11.4 Å². The van der Waals surface area contributed by atoms with Crippen LogP contribution in [-0.2, 0) is 10.0 Å². The molecule has 140 valence electrons. The number of hydrogen-bond donors (Lipinski definition) is 1. The minimum absolute atomic E-state index is 0.0207. The Morgan fingerprint density at radius 3 is 2.38 bits per heavy atom. The average molecular weight is 427 g/mol. The number of hydrogen-bond acceptors (Lipinski definition) is 4. The first kappa shape index (κ1) is 20.3. The summed E-state index contributed by atoms with van der Waals surface area (Å²) >= 11 is 11.7. The molecule has 0 radical (unpaired) electrons. The first-order chi connectivity index (χ1) is 12.0. The zero-order valence-electron chi connectivity index (χ0n) is 13.0. The minimum atomic E-state index is -5.60. The van der Waals surface area contributed by atoms with Gasteiger partial charge in [-0.3, -0.25) is 4.72 Å². The van der Waals surface area contributed by atoms with Crippen LogP contribution in [0.1, 0.15) is 12.5 Å². The predicted octanol–water partition coefficient (Wildman–Crippen LogP) is 5.06. The molecule has 0 heterocycles. The third-order valence-electron chi connectivity index (χ3n) is 3.00. The Balaban J connectivity index is 2.36. The molecule has 2 rings (SSSR count). The molecule has 5 nitrogen and oxygen atoms in total. The molecule has 0 aliphatic rings. The van der Waals surface area contributed by atoms with E-state index < -0.39 is 15.5 Å². The van der Waals surface area contributed by atoms with E-state index in [9.17, 15) is 21.6 Å². The van der Waals surface area contributed by atoms with Crippen LogP contribution >= 0.6 is 23.2 Å². The van der Waals surface area contributed by atoms with Gasteiger partial charge in [0.25, 0.3) is 0 Å². The molecule has 0 fully saturated rings. The van der Waals surface area contributed by atoms with Crippen LogP contribution in [-0.4, -0.2) is 19.6 Å². The van der Waals surface area contributed by atoms with E-state index in [2.05, 4.69) is 5.16 Å². The lowest BCUT2D eigenvalue weighted by Gasteiger charge is -2.14. The standard InChI is InChI=1S/C15H11Cl2F3N2O3S/c1-9(21-25-12-4-2-3-10(16)7-12)13-8-11(17)5-6-14(13)22-26(23,24)15(18,19)20/h2-8,22H,1H3/b21-9+. The second-order valence-corrected chi connectivity index (χ2v) is 7.51. The van der Waals surface area contributed by atoms with Crippen molar-refractivity contribution in [1.29, 1.82) is 0 Å². The minimum Gasteiger partial charge on any atom is -0.357 e. The maximum Gasteiger partial charge on any atom is 0.516 e. The van der Waals surface area contributed by atoms with Crippen LogP contribution in [0.15, 0.2) is 47.6 Å². The number of rotatable bonds is 5. The van der Waals surface area contributed by atoms with Crippen LogP contribution in [0, 0.1) is 0 Å². The highest BCUT2D eigenvalue weighted by Crippen LogP contribution is 2.29. The van der Waals surface area contributed by atoms with Gasteiger partial charge in [-0.1, -0.05) is 34.4 Å². The number of oxime groups is 1. The van der Waals surface area contributed by atoms with E-state index >= 15 is 0 Å². The van der Waals surface area contributed by atoms with E-state index in [1.165, 1.54) is 29.8 Å². The summed E-state index contributed by atoms with van der Waals surface area (Å²) < 4.78 is 61.9. The van der Waals surface area contributed by atoms with Crippen molar-refractivity contribution < 1.29 is 26.4 Å². The highest BCUT2D eigenvalue weighted by atomic mass is 35.5. The first-order valence-electron chi connectivity index (χ1n) is 6.86. The van der Waals surface area contributed by atoms with Gasteiger partial charge in [0.1, 0.15) is 0 Å². The SMILES string of the molecule is C/C(=N\Oc1cccc(Cl)c1)c1cc(Cl)ccc1NS(=O)(=O)C(F)(F)F. The molecule has 0 saturated heterocycles. The van der Waals surface area contributed by atoms with Crippen LogP contribution in [0.4, 0.5) is 18.9 Å². The smallest absolute Gasteiger partial charge is 0.357 e. The largest absolute Gasteiger partial charge is 0.516 e. The third-order valence-corrected chi connectivity index (χ3v) is 4.57. The van der Waals surface area contributed by atoms with Crippen LogP contribution < -0.4 is 9.56 Å². The zero-order valence-corrected chi connectivity index (χ0v) is 15.3. The number of nitrogens with zero attached hydrogens (tertiary/aromatic N) is 1. The Bertz CT molecular complexity index is 947. The summed E-state index contributed by atoms with van der Waals surface area (Å²) in [6.07, 6.45) is 0. The molecule has 0 aromatic heterocycles. The average Bonchev–Trinajstić information content (AvgIpc) is 2.53. The molecule has 2 aromatic carbocycles. The van der Waals surface area contributed by atoms with Crippen molar-refractivity contribution in [2.24, 2.45) is 5.16 Å². The molecule has 0 spiro atoms. The fourth-order valence-electron chi connectivity index (χ4n) is 1.80. The van der Waals surface area contributed by atoms with Gasteiger partial charge in [-0.05, 0) is 37.3 Å². The molecule has 0 aliphatic heterocycles. The second kappa shape index (κ2) is 7.73. The van der Waals surface area contributed by atoms with E-state index in [4.69, 9.17) is 28.0 Å². The van der Waals surface area contributed by atoms with E-state index in [0.717, 1.165) is 6.07 Å². The Hall–Kier alpha value is -1.97. The van der Waals surface area contributed by atoms with Crippen molar-refractivity contribution in [1.82, 2.24) is 0 Å². The van der Waals surface area contributed by atoms with Crippen LogP contribution in [0.2, 0.25) is 10.0 Å².